The summed E-state index contributed by atoms with van der Waals surface area (Å²) in [6.07, 6.45) is 0. The third-order valence-electron chi connectivity index (χ3n) is 3.13. The van der Waals surface area contributed by atoms with Crippen molar-refractivity contribution in [2.45, 2.75) is 32.4 Å². The first-order chi connectivity index (χ1) is 8.72. The summed E-state index contributed by atoms with van der Waals surface area (Å²) in [5.74, 6) is 0.0120. The van der Waals surface area contributed by atoms with Crippen molar-refractivity contribution in [1.82, 2.24) is 4.90 Å². The normalized spacial score (nSPS) is 13.4. The number of aliphatic hydroxyl groups is 1. The van der Waals surface area contributed by atoms with Gasteiger partial charge in [0.05, 0.1) is 11.6 Å². The van der Waals surface area contributed by atoms with Gasteiger partial charge in [-0.05, 0) is 40.0 Å². The van der Waals surface area contributed by atoms with Crippen molar-refractivity contribution in [3.63, 3.8) is 0 Å². The van der Waals surface area contributed by atoms with E-state index in [0.717, 1.165) is 5.69 Å². The molecule has 0 aliphatic heterocycles. The van der Waals surface area contributed by atoms with Crippen LogP contribution in [0.3, 0.4) is 0 Å². The number of anilines is 1. The molecule has 4 nitrogen and oxygen atoms in total. The summed E-state index contributed by atoms with van der Waals surface area (Å²) in [5.41, 5.74) is 0.0604. The lowest BCUT2D eigenvalue weighted by Gasteiger charge is -2.32. The number of likely N-dealkylation sites (N-methyl/N-ethyl adjacent to an activating group) is 2. The molecule has 0 heterocycles. The van der Waals surface area contributed by atoms with Crippen LogP contribution in [0.4, 0.5) is 5.69 Å². The van der Waals surface area contributed by atoms with Crippen LogP contribution in [0.2, 0.25) is 0 Å². The van der Waals surface area contributed by atoms with Crippen molar-refractivity contribution in [2.24, 2.45) is 0 Å². The van der Waals surface area contributed by atoms with Crippen molar-refractivity contribution in [1.29, 1.82) is 0 Å². The van der Waals surface area contributed by atoms with Crippen molar-refractivity contribution >= 4 is 11.6 Å². The van der Waals surface area contributed by atoms with Gasteiger partial charge in [-0.3, -0.25) is 9.69 Å². The van der Waals surface area contributed by atoms with Gasteiger partial charge in [-0.2, -0.15) is 0 Å². The molecule has 0 bridgehead atoms. The van der Waals surface area contributed by atoms with E-state index in [1.165, 1.54) is 0 Å². The molecule has 19 heavy (non-hydrogen) atoms. The molecule has 0 aliphatic carbocycles. The fourth-order valence-electron chi connectivity index (χ4n) is 1.99. The maximum absolute atomic E-state index is 12.4. The Hall–Kier alpha value is -1.39. The smallest absolute Gasteiger partial charge is 0.243 e. The van der Waals surface area contributed by atoms with Crippen LogP contribution < -0.4 is 4.90 Å². The largest absolute Gasteiger partial charge is 0.389 e. The Kier molecular flexibility index (Phi) is 5.09. The summed E-state index contributed by atoms with van der Waals surface area (Å²) in [6, 6.07) is 9.26. The van der Waals surface area contributed by atoms with Gasteiger partial charge in [0, 0.05) is 19.3 Å². The fraction of sp³-hybridized carbons (Fsp3) is 0.533. The van der Waals surface area contributed by atoms with E-state index in [4.69, 9.17) is 0 Å². The molecule has 1 aromatic rings. The summed E-state index contributed by atoms with van der Waals surface area (Å²) in [7, 11) is 3.62. The number of hydrogen-bond acceptors (Lipinski definition) is 3. The minimum Gasteiger partial charge on any atom is -0.389 e. The third-order valence-corrected chi connectivity index (χ3v) is 3.13. The quantitative estimate of drug-likeness (QED) is 0.881. The number of nitrogens with zero attached hydrogens (tertiary/aromatic N) is 2. The molecular weight excluding hydrogens is 240 g/mol. The molecule has 0 aliphatic rings. The topological polar surface area (TPSA) is 43.8 Å². The molecule has 1 amide bonds. The number of amides is 1. The highest BCUT2D eigenvalue weighted by Crippen LogP contribution is 2.14. The first kappa shape index (κ1) is 15.7. The van der Waals surface area contributed by atoms with Gasteiger partial charge >= 0.3 is 0 Å². The van der Waals surface area contributed by atoms with E-state index in [2.05, 4.69) is 0 Å². The zero-order chi connectivity index (χ0) is 14.6. The van der Waals surface area contributed by atoms with Crippen LogP contribution in [0, 0.1) is 0 Å². The summed E-state index contributed by atoms with van der Waals surface area (Å²) in [6.45, 7) is 5.78. The van der Waals surface area contributed by atoms with E-state index in [9.17, 15) is 9.90 Å². The van der Waals surface area contributed by atoms with Crippen LogP contribution >= 0.6 is 0 Å². The average molecular weight is 264 g/mol. The molecule has 1 N–H and O–H groups in total. The molecule has 1 aromatic carbocycles. The van der Waals surface area contributed by atoms with Gasteiger partial charge in [0.1, 0.15) is 0 Å². The van der Waals surface area contributed by atoms with Crippen molar-refractivity contribution in [2.75, 3.05) is 25.5 Å². The van der Waals surface area contributed by atoms with Gasteiger partial charge in [-0.15, -0.1) is 0 Å². The van der Waals surface area contributed by atoms with E-state index in [1.807, 2.05) is 49.2 Å². The Morgan fingerprint density at radius 1 is 1.26 bits per heavy atom. The number of para-hydroxylation sites is 1. The average Bonchev–Trinajstić information content (AvgIpc) is 2.35. The Labute approximate surface area is 115 Å². The molecule has 0 spiro atoms. The van der Waals surface area contributed by atoms with Gasteiger partial charge in [0.2, 0.25) is 5.91 Å². The maximum atomic E-state index is 12.4. The van der Waals surface area contributed by atoms with Gasteiger partial charge in [-0.1, -0.05) is 18.2 Å². The maximum Gasteiger partial charge on any atom is 0.243 e. The zero-order valence-electron chi connectivity index (χ0n) is 12.4. The van der Waals surface area contributed by atoms with E-state index in [-0.39, 0.29) is 11.9 Å². The van der Waals surface area contributed by atoms with Gasteiger partial charge in [0.15, 0.2) is 0 Å². The van der Waals surface area contributed by atoms with Gasteiger partial charge < -0.3 is 10.0 Å². The SMILES string of the molecule is CC(C(=O)N(C)c1ccccc1)N(C)CC(C)(C)O. The second-order valence-electron chi connectivity index (χ2n) is 5.64. The molecule has 0 aromatic heterocycles. The van der Waals surface area contributed by atoms with Gasteiger partial charge in [0.25, 0.3) is 0 Å². The van der Waals surface area contributed by atoms with E-state index < -0.39 is 5.60 Å². The second-order valence-corrected chi connectivity index (χ2v) is 5.64. The molecule has 0 fully saturated rings. The zero-order valence-corrected chi connectivity index (χ0v) is 12.4. The molecule has 1 unspecified atom stereocenters. The van der Waals surface area contributed by atoms with Crippen molar-refractivity contribution in [3.8, 4) is 0 Å². The van der Waals surface area contributed by atoms with Crippen molar-refractivity contribution < 1.29 is 9.90 Å². The standard InChI is InChI=1S/C15H24N2O2/c1-12(16(4)11-15(2,3)19)14(18)17(5)13-9-7-6-8-10-13/h6-10,12,19H,11H2,1-5H3. The summed E-state index contributed by atoms with van der Waals surface area (Å²) in [5, 5.41) is 9.81. The van der Waals surface area contributed by atoms with E-state index in [1.54, 1.807) is 25.8 Å². The number of rotatable bonds is 5. The second kappa shape index (κ2) is 6.17. The minimum atomic E-state index is -0.811. The van der Waals surface area contributed by atoms with Crippen molar-refractivity contribution in [3.05, 3.63) is 30.3 Å². The molecule has 4 heteroatoms. The van der Waals surface area contributed by atoms with Gasteiger partial charge in [-0.25, -0.2) is 0 Å². The molecule has 106 valence electrons. The lowest BCUT2D eigenvalue weighted by molar-refractivity contribution is -0.123. The number of benzene rings is 1. The summed E-state index contributed by atoms with van der Waals surface area (Å²) >= 11 is 0. The predicted molar refractivity (Wildman–Crippen MR) is 78.2 cm³/mol. The van der Waals surface area contributed by atoms with Crippen LogP contribution in [0.5, 0.6) is 0 Å². The Morgan fingerprint density at radius 3 is 2.26 bits per heavy atom. The molecule has 0 radical (unpaired) electrons. The predicted octanol–water partition coefficient (Wildman–Crippen LogP) is 1.74. The minimum absolute atomic E-state index is 0.0120. The molecule has 0 saturated carbocycles. The first-order valence-electron chi connectivity index (χ1n) is 6.47. The Morgan fingerprint density at radius 2 is 1.79 bits per heavy atom. The van der Waals surface area contributed by atoms with E-state index in [0.29, 0.717) is 6.54 Å². The lowest BCUT2D eigenvalue weighted by Crippen LogP contribution is -2.48. The Bertz CT molecular complexity index is 412. The third kappa shape index (κ3) is 4.65. The lowest BCUT2D eigenvalue weighted by atomic mass is 10.1. The molecular formula is C15H24N2O2. The Balaban J connectivity index is 2.72. The summed E-state index contributed by atoms with van der Waals surface area (Å²) in [4.78, 5) is 15.9. The first-order valence-corrected chi connectivity index (χ1v) is 6.47. The highest BCUT2D eigenvalue weighted by Gasteiger charge is 2.26. The molecule has 1 rings (SSSR count). The summed E-state index contributed by atoms with van der Waals surface area (Å²) < 4.78 is 0. The number of carbonyl (C=O) groups is 1. The van der Waals surface area contributed by atoms with Crippen LogP contribution in [0.25, 0.3) is 0 Å². The van der Waals surface area contributed by atoms with Crippen LogP contribution in [0.15, 0.2) is 30.3 Å². The van der Waals surface area contributed by atoms with Crippen LogP contribution in [-0.4, -0.2) is 48.2 Å². The van der Waals surface area contributed by atoms with Crippen LogP contribution in [-0.2, 0) is 4.79 Å². The number of carbonyl (C=O) groups excluding carboxylic acids is 1. The molecule has 1 atom stereocenters. The molecule has 0 saturated heterocycles. The van der Waals surface area contributed by atoms with E-state index >= 15 is 0 Å². The highest BCUT2D eigenvalue weighted by atomic mass is 16.3. The fourth-order valence-corrected chi connectivity index (χ4v) is 1.99. The monoisotopic (exact) mass is 264 g/mol. The highest BCUT2D eigenvalue weighted by molar-refractivity contribution is 5.96. The van der Waals surface area contributed by atoms with Crippen LogP contribution in [0.1, 0.15) is 20.8 Å². The number of hydrogen-bond donors (Lipinski definition) is 1.